The van der Waals surface area contributed by atoms with E-state index in [-0.39, 0.29) is 19.3 Å². The Bertz CT molecular complexity index is 766. The van der Waals surface area contributed by atoms with Crippen molar-refractivity contribution in [3.63, 3.8) is 0 Å². The Kier molecular flexibility index (Phi) is 8.38. The molecule has 1 heterocycles. The summed E-state index contributed by atoms with van der Waals surface area (Å²) in [7, 11) is 0. The van der Waals surface area contributed by atoms with Gasteiger partial charge in [-0.15, -0.1) is 0 Å². The number of hydrogen-bond donors (Lipinski definition) is 0. The Balaban J connectivity index is 1.59. The zero-order valence-corrected chi connectivity index (χ0v) is 18.4. The number of esters is 1. The highest BCUT2D eigenvalue weighted by atomic mass is 19.4. The molecule has 2 fully saturated rings. The molecule has 32 heavy (non-hydrogen) atoms. The summed E-state index contributed by atoms with van der Waals surface area (Å²) in [5.41, 5.74) is -2.54. The summed E-state index contributed by atoms with van der Waals surface area (Å²) >= 11 is 0. The fourth-order valence-corrected chi connectivity index (χ4v) is 4.56. The maximum Gasteiger partial charge on any atom is 0.420 e. The van der Waals surface area contributed by atoms with Crippen molar-refractivity contribution in [1.82, 2.24) is 0 Å². The quantitative estimate of drug-likeness (QED) is 0.393. The van der Waals surface area contributed by atoms with Gasteiger partial charge >= 0.3 is 12.1 Å². The number of carbonyl (C=O) groups excluding carboxylic acids is 1. The van der Waals surface area contributed by atoms with Crippen molar-refractivity contribution in [2.24, 2.45) is 5.92 Å². The van der Waals surface area contributed by atoms with Crippen LogP contribution in [0.15, 0.2) is 12.1 Å². The van der Waals surface area contributed by atoms with Gasteiger partial charge in [-0.3, -0.25) is 0 Å². The van der Waals surface area contributed by atoms with Gasteiger partial charge in [0.25, 0.3) is 0 Å². The molecule has 2 aliphatic rings. The normalized spacial score (nSPS) is 26.6. The molecule has 0 aromatic heterocycles. The van der Waals surface area contributed by atoms with Gasteiger partial charge in [-0.05, 0) is 70.4 Å². The Labute approximate surface area is 185 Å². The third-order valence-electron chi connectivity index (χ3n) is 6.10. The number of benzene rings is 1. The SMILES string of the molecule is CCOc1ccc(C(=O)OC2CCC(C3CCC(OCC)CC3)OC2)c(C(F)(F)F)c1F. The topological polar surface area (TPSA) is 54.0 Å². The maximum atomic E-state index is 14.4. The van der Waals surface area contributed by atoms with Crippen molar-refractivity contribution >= 4 is 5.97 Å². The molecule has 0 bridgehead atoms. The first-order chi connectivity index (χ1) is 15.2. The van der Waals surface area contributed by atoms with Crippen LogP contribution >= 0.6 is 0 Å². The fourth-order valence-electron chi connectivity index (χ4n) is 4.56. The summed E-state index contributed by atoms with van der Waals surface area (Å²) in [5, 5.41) is 0. The van der Waals surface area contributed by atoms with Gasteiger partial charge in [-0.1, -0.05) is 0 Å². The smallest absolute Gasteiger partial charge is 0.420 e. The van der Waals surface area contributed by atoms with Gasteiger partial charge in [0, 0.05) is 6.61 Å². The molecule has 1 saturated heterocycles. The van der Waals surface area contributed by atoms with Crippen molar-refractivity contribution in [1.29, 1.82) is 0 Å². The van der Waals surface area contributed by atoms with E-state index in [0.717, 1.165) is 37.8 Å². The Morgan fingerprint density at radius 2 is 1.72 bits per heavy atom. The number of halogens is 4. The van der Waals surface area contributed by atoms with E-state index < -0.39 is 40.9 Å². The Morgan fingerprint density at radius 3 is 2.28 bits per heavy atom. The number of alkyl halides is 3. The van der Waals surface area contributed by atoms with E-state index in [1.165, 1.54) is 6.92 Å². The van der Waals surface area contributed by atoms with Crippen LogP contribution < -0.4 is 4.74 Å². The van der Waals surface area contributed by atoms with Gasteiger partial charge in [0.05, 0.1) is 31.0 Å². The van der Waals surface area contributed by atoms with Gasteiger partial charge in [-0.25, -0.2) is 9.18 Å². The molecule has 1 aromatic carbocycles. The van der Waals surface area contributed by atoms with Gasteiger partial charge in [0.15, 0.2) is 11.6 Å². The van der Waals surface area contributed by atoms with Crippen molar-refractivity contribution < 1.29 is 41.3 Å². The lowest BCUT2D eigenvalue weighted by atomic mass is 9.81. The van der Waals surface area contributed by atoms with Crippen LogP contribution in [-0.2, 0) is 20.4 Å². The van der Waals surface area contributed by atoms with Crippen LogP contribution in [0.3, 0.4) is 0 Å². The molecule has 0 spiro atoms. The van der Waals surface area contributed by atoms with Gasteiger partial charge in [0.1, 0.15) is 11.7 Å². The van der Waals surface area contributed by atoms with E-state index in [2.05, 4.69) is 0 Å². The third-order valence-corrected chi connectivity index (χ3v) is 6.10. The molecule has 9 heteroatoms. The molecule has 180 valence electrons. The lowest BCUT2D eigenvalue weighted by Gasteiger charge is -2.37. The van der Waals surface area contributed by atoms with Crippen LogP contribution in [0, 0.1) is 11.7 Å². The highest BCUT2D eigenvalue weighted by Crippen LogP contribution is 2.39. The van der Waals surface area contributed by atoms with E-state index in [4.69, 9.17) is 18.9 Å². The molecule has 1 aromatic rings. The largest absolute Gasteiger partial charge is 0.491 e. The van der Waals surface area contributed by atoms with Crippen molar-refractivity contribution in [2.45, 2.75) is 76.9 Å². The van der Waals surface area contributed by atoms with Crippen LogP contribution in [0.1, 0.15) is 68.3 Å². The van der Waals surface area contributed by atoms with Crippen molar-refractivity contribution in [3.05, 3.63) is 29.1 Å². The van der Waals surface area contributed by atoms with Crippen LogP contribution in [0.4, 0.5) is 17.6 Å². The predicted molar refractivity (Wildman–Crippen MR) is 108 cm³/mol. The minimum Gasteiger partial charge on any atom is -0.491 e. The average molecular weight is 462 g/mol. The lowest BCUT2D eigenvalue weighted by Crippen LogP contribution is -2.38. The van der Waals surface area contributed by atoms with Crippen LogP contribution in [0.2, 0.25) is 0 Å². The monoisotopic (exact) mass is 462 g/mol. The summed E-state index contributed by atoms with van der Waals surface area (Å²) in [6, 6.07) is 1.90. The standard InChI is InChI=1S/C23H30F4O5/c1-3-29-15-7-5-14(6-8-15)18-11-9-16(13-31-18)32-22(28)17-10-12-19(30-4-2)21(24)20(17)23(25,26)27/h10,12,14-16,18H,3-9,11,13H2,1-2H3. The van der Waals surface area contributed by atoms with Gasteiger partial charge < -0.3 is 18.9 Å². The minimum absolute atomic E-state index is 0.00807. The summed E-state index contributed by atoms with van der Waals surface area (Å²) in [4.78, 5) is 12.5. The number of carbonyl (C=O) groups is 1. The highest BCUT2D eigenvalue weighted by Gasteiger charge is 2.41. The Morgan fingerprint density at radius 1 is 1.03 bits per heavy atom. The fraction of sp³-hybridized carbons (Fsp3) is 0.696. The third kappa shape index (κ3) is 5.92. The summed E-state index contributed by atoms with van der Waals surface area (Å²) in [6.07, 6.45) is -0.281. The molecule has 2 unspecified atom stereocenters. The molecule has 1 aliphatic heterocycles. The summed E-state index contributed by atoms with van der Waals surface area (Å²) in [5.74, 6) is -2.99. The highest BCUT2D eigenvalue weighted by molar-refractivity contribution is 5.91. The lowest BCUT2D eigenvalue weighted by molar-refractivity contribution is -0.141. The maximum absolute atomic E-state index is 14.4. The van der Waals surface area contributed by atoms with E-state index in [1.807, 2.05) is 6.92 Å². The summed E-state index contributed by atoms with van der Waals surface area (Å²) < 4.78 is 76.5. The minimum atomic E-state index is -5.07. The second-order valence-corrected chi connectivity index (χ2v) is 8.20. The van der Waals surface area contributed by atoms with Gasteiger partial charge in [-0.2, -0.15) is 13.2 Å². The molecule has 2 atom stereocenters. The van der Waals surface area contributed by atoms with Crippen LogP contribution in [0.5, 0.6) is 5.75 Å². The molecule has 0 N–H and O–H groups in total. The van der Waals surface area contributed by atoms with Gasteiger partial charge in [0.2, 0.25) is 0 Å². The first-order valence-electron chi connectivity index (χ1n) is 11.2. The predicted octanol–water partition coefficient (Wildman–Crippen LogP) is 5.54. The Hall–Kier alpha value is -1.87. The average Bonchev–Trinajstić information content (AvgIpc) is 2.75. The molecule has 1 saturated carbocycles. The first-order valence-corrected chi connectivity index (χ1v) is 11.2. The molecule has 3 rings (SSSR count). The van der Waals surface area contributed by atoms with Crippen molar-refractivity contribution in [3.8, 4) is 5.75 Å². The summed E-state index contributed by atoms with van der Waals surface area (Å²) in [6.45, 7) is 4.32. The first kappa shape index (κ1) is 24.8. The van der Waals surface area contributed by atoms with Crippen LogP contribution in [0.25, 0.3) is 0 Å². The number of ether oxygens (including phenoxy) is 4. The van der Waals surface area contributed by atoms with E-state index in [0.29, 0.717) is 31.5 Å². The van der Waals surface area contributed by atoms with Crippen LogP contribution in [-0.4, -0.2) is 44.1 Å². The second-order valence-electron chi connectivity index (χ2n) is 8.20. The molecular weight excluding hydrogens is 432 g/mol. The second kappa shape index (κ2) is 10.8. The van der Waals surface area contributed by atoms with E-state index >= 15 is 0 Å². The zero-order valence-electron chi connectivity index (χ0n) is 18.4. The van der Waals surface area contributed by atoms with E-state index in [9.17, 15) is 22.4 Å². The van der Waals surface area contributed by atoms with Crippen molar-refractivity contribution in [2.75, 3.05) is 19.8 Å². The molecule has 5 nitrogen and oxygen atoms in total. The number of rotatable bonds is 7. The molecular formula is C23H30F4O5. The molecule has 1 aliphatic carbocycles. The zero-order chi connectivity index (χ0) is 23.3. The molecule has 0 radical (unpaired) electrons. The number of hydrogen-bond acceptors (Lipinski definition) is 5. The van der Waals surface area contributed by atoms with E-state index in [1.54, 1.807) is 0 Å². The molecule has 0 amide bonds.